The molecule has 1 aromatic rings. The number of rotatable bonds is 2. The van der Waals surface area contributed by atoms with Crippen LogP contribution in [0.3, 0.4) is 0 Å². The third-order valence-electron chi connectivity index (χ3n) is 1.62. The van der Waals surface area contributed by atoms with E-state index < -0.39 is 39.1 Å². The molecule has 2 nitrogen and oxygen atoms in total. The second-order valence-corrected chi connectivity index (χ2v) is 4.36. The topological polar surface area (TPSA) is 26.3 Å². The van der Waals surface area contributed by atoms with Crippen molar-refractivity contribution in [3.63, 3.8) is 0 Å². The average Bonchev–Trinajstić information content (AvgIpc) is 2.17. The molecule has 0 aromatic heterocycles. The maximum absolute atomic E-state index is 12.4. The predicted octanol–water partition coefficient (Wildman–Crippen LogP) is 3.92. The lowest BCUT2D eigenvalue weighted by Crippen LogP contribution is -2.21. The fraction of sp³-hybridized carbons (Fsp3) is 0.250. The Kier molecular flexibility index (Phi) is 4.16. The highest BCUT2D eigenvalue weighted by atomic mass is 35.5. The van der Waals surface area contributed by atoms with Crippen molar-refractivity contribution in [1.82, 2.24) is 0 Å². The normalized spacial score (nSPS) is 14.4. The van der Waals surface area contributed by atoms with Crippen molar-refractivity contribution in [1.29, 1.82) is 0 Å². The molecule has 1 atom stereocenters. The van der Waals surface area contributed by atoms with Crippen LogP contribution in [0.5, 0.6) is 5.75 Å². The van der Waals surface area contributed by atoms with Crippen molar-refractivity contribution in [3.05, 3.63) is 28.8 Å². The van der Waals surface area contributed by atoms with Gasteiger partial charge in [-0.05, 0) is 12.1 Å². The molecule has 0 bridgehead atoms. The van der Waals surface area contributed by atoms with Gasteiger partial charge in [0.25, 0.3) is 0 Å². The molecule has 18 heavy (non-hydrogen) atoms. The van der Waals surface area contributed by atoms with Crippen molar-refractivity contribution >= 4 is 22.7 Å². The molecule has 0 aliphatic carbocycles. The lowest BCUT2D eigenvalue weighted by molar-refractivity contribution is -0.137. The van der Waals surface area contributed by atoms with Gasteiger partial charge >= 0.3 is 22.8 Å². The van der Waals surface area contributed by atoms with Crippen molar-refractivity contribution in [3.8, 4) is 5.75 Å². The van der Waals surface area contributed by atoms with E-state index in [1.165, 1.54) is 0 Å². The summed E-state index contributed by atoms with van der Waals surface area (Å²) in [5.74, 6) is -0.956. The summed E-state index contributed by atoms with van der Waals surface area (Å²) in [5, 5.41) is -1.08. The first kappa shape index (κ1) is 15.1. The Morgan fingerprint density at radius 3 is 2.11 bits per heavy atom. The standard InChI is InChI=1S/C8H3ClF6O2S/c9-6-4(7(10,11)12)2-1-3-5(6)17-18(16)8(13,14)15/h1-3H. The summed E-state index contributed by atoms with van der Waals surface area (Å²) >= 11 is 1.46. The van der Waals surface area contributed by atoms with Gasteiger partial charge in [-0.25, -0.2) is 4.21 Å². The molecule has 1 unspecified atom stereocenters. The van der Waals surface area contributed by atoms with Gasteiger partial charge in [-0.2, -0.15) is 26.3 Å². The van der Waals surface area contributed by atoms with Crippen LogP contribution in [0.15, 0.2) is 18.2 Å². The molecule has 0 fully saturated rings. The third kappa shape index (κ3) is 3.52. The quantitative estimate of drug-likeness (QED) is 0.774. The fourth-order valence-electron chi connectivity index (χ4n) is 0.923. The van der Waals surface area contributed by atoms with Crippen LogP contribution >= 0.6 is 11.6 Å². The Labute approximate surface area is 104 Å². The molecule has 0 saturated heterocycles. The predicted molar refractivity (Wildman–Crippen MR) is 51.3 cm³/mol. The van der Waals surface area contributed by atoms with Gasteiger partial charge in [0.15, 0.2) is 5.75 Å². The van der Waals surface area contributed by atoms with E-state index in [0.717, 1.165) is 12.1 Å². The molecular weight excluding hydrogens is 310 g/mol. The number of benzene rings is 1. The Morgan fingerprint density at radius 2 is 1.67 bits per heavy atom. The molecule has 0 N–H and O–H groups in total. The highest BCUT2D eigenvalue weighted by Gasteiger charge is 2.41. The number of hydrogen-bond acceptors (Lipinski definition) is 2. The van der Waals surface area contributed by atoms with Crippen molar-refractivity contribution in [2.45, 2.75) is 11.7 Å². The summed E-state index contributed by atoms with van der Waals surface area (Å²) in [7, 11) is 0. The van der Waals surface area contributed by atoms with Gasteiger partial charge in [0, 0.05) is 0 Å². The Bertz CT molecular complexity index is 470. The molecule has 1 rings (SSSR count). The van der Waals surface area contributed by atoms with E-state index >= 15 is 0 Å². The van der Waals surface area contributed by atoms with Crippen LogP contribution in [0.25, 0.3) is 0 Å². The first-order valence-corrected chi connectivity index (χ1v) is 5.51. The van der Waals surface area contributed by atoms with E-state index in [0.29, 0.717) is 6.07 Å². The van der Waals surface area contributed by atoms with E-state index in [1.54, 1.807) is 0 Å². The van der Waals surface area contributed by atoms with E-state index in [1.807, 2.05) is 0 Å². The second-order valence-electron chi connectivity index (χ2n) is 2.88. The minimum atomic E-state index is -5.21. The minimum Gasteiger partial charge on any atom is -0.393 e. The summed E-state index contributed by atoms with van der Waals surface area (Å²) < 4.78 is 87.2. The van der Waals surface area contributed by atoms with Gasteiger partial charge in [-0.1, -0.05) is 17.7 Å². The summed E-state index contributed by atoms with van der Waals surface area (Å²) in [6.45, 7) is 0. The largest absolute Gasteiger partial charge is 0.508 e. The maximum Gasteiger partial charge on any atom is 0.508 e. The highest BCUT2D eigenvalue weighted by Crippen LogP contribution is 2.40. The Morgan fingerprint density at radius 1 is 1.11 bits per heavy atom. The van der Waals surface area contributed by atoms with Crippen LogP contribution in [0, 0.1) is 0 Å². The molecule has 102 valence electrons. The number of alkyl halides is 6. The molecule has 0 heterocycles. The first-order chi connectivity index (χ1) is 8.03. The Balaban J connectivity index is 3.10. The van der Waals surface area contributed by atoms with Crippen molar-refractivity contribution in [2.24, 2.45) is 0 Å². The molecule has 0 amide bonds. The zero-order valence-corrected chi connectivity index (χ0v) is 9.67. The van der Waals surface area contributed by atoms with E-state index in [2.05, 4.69) is 4.18 Å². The molecule has 0 radical (unpaired) electrons. The van der Waals surface area contributed by atoms with Gasteiger partial charge in [0.2, 0.25) is 0 Å². The van der Waals surface area contributed by atoms with Crippen LogP contribution in [0.4, 0.5) is 26.3 Å². The number of halogens is 7. The SMILES string of the molecule is O=S(Oc1cccc(C(F)(F)F)c1Cl)C(F)(F)F. The average molecular weight is 313 g/mol. The number of hydrogen-bond donors (Lipinski definition) is 0. The monoisotopic (exact) mass is 312 g/mol. The smallest absolute Gasteiger partial charge is 0.393 e. The zero-order valence-electron chi connectivity index (χ0n) is 8.10. The molecule has 0 spiro atoms. The van der Waals surface area contributed by atoms with Crippen molar-refractivity contribution in [2.75, 3.05) is 0 Å². The molecule has 0 saturated carbocycles. The summed E-state index contributed by atoms with van der Waals surface area (Å²) in [4.78, 5) is 0. The van der Waals surface area contributed by atoms with E-state index in [4.69, 9.17) is 11.6 Å². The summed E-state index contributed by atoms with van der Waals surface area (Å²) in [5.41, 5.74) is -6.58. The van der Waals surface area contributed by atoms with Crippen LogP contribution in [0.2, 0.25) is 5.02 Å². The highest BCUT2D eigenvalue weighted by molar-refractivity contribution is 7.81. The van der Waals surface area contributed by atoms with E-state index in [9.17, 15) is 30.6 Å². The fourth-order valence-corrected chi connectivity index (χ4v) is 1.64. The lowest BCUT2D eigenvalue weighted by Gasteiger charge is -2.13. The van der Waals surface area contributed by atoms with Crippen LogP contribution in [-0.2, 0) is 17.3 Å². The van der Waals surface area contributed by atoms with Crippen LogP contribution in [0.1, 0.15) is 5.56 Å². The minimum absolute atomic E-state index is 0.561. The van der Waals surface area contributed by atoms with Crippen LogP contribution < -0.4 is 4.18 Å². The lowest BCUT2D eigenvalue weighted by atomic mass is 10.2. The molecule has 10 heteroatoms. The summed E-state index contributed by atoms with van der Waals surface area (Å²) in [6.07, 6.45) is -4.85. The zero-order chi connectivity index (χ0) is 14.1. The first-order valence-electron chi connectivity index (χ1n) is 4.06. The van der Waals surface area contributed by atoms with E-state index in [-0.39, 0.29) is 0 Å². The van der Waals surface area contributed by atoms with Gasteiger partial charge < -0.3 is 4.18 Å². The van der Waals surface area contributed by atoms with Crippen molar-refractivity contribution < 1.29 is 34.7 Å². The Hall–Kier alpha value is -0.960. The molecular formula is C8H3ClF6O2S. The maximum atomic E-state index is 12.4. The molecule has 1 aromatic carbocycles. The van der Waals surface area contributed by atoms with Crippen LogP contribution in [-0.4, -0.2) is 9.72 Å². The molecule has 0 aliphatic heterocycles. The third-order valence-corrected chi connectivity index (χ3v) is 2.72. The van der Waals surface area contributed by atoms with Gasteiger partial charge in [0.1, 0.15) is 0 Å². The molecule has 0 aliphatic rings. The van der Waals surface area contributed by atoms with Gasteiger partial charge in [-0.3, -0.25) is 0 Å². The van der Waals surface area contributed by atoms with Gasteiger partial charge in [-0.15, -0.1) is 0 Å². The second kappa shape index (κ2) is 4.96. The van der Waals surface area contributed by atoms with Gasteiger partial charge in [0.05, 0.1) is 10.6 Å². The summed E-state index contributed by atoms with van der Waals surface area (Å²) in [6, 6.07) is 2.10.